The Morgan fingerprint density at radius 1 is 1.16 bits per heavy atom. The Morgan fingerprint density at radius 2 is 1.92 bits per heavy atom. The van der Waals surface area contributed by atoms with Gasteiger partial charge in [0.1, 0.15) is 6.10 Å². The van der Waals surface area contributed by atoms with Crippen LogP contribution in [0.25, 0.3) is 10.2 Å². The SMILES string of the molecule is CCOC(=O)c1cnc(N(C)Cc2cc3nc(N4CCOC(c5ccc(C(N)=O)cc5)C4)ncc3s2)nc1. The highest BCUT2D eigenvalue weighted by atomic mass is 32.1. The fraction of sp³-hybridized carbons (Fsp3) is 0.308. The lowest BCUT2D eigenvalue weighted by molar-refractivity contribution is 0.0392. The zero-order valence-electron chi connectivity index (χ0n) is 21.0. The molecule has 0 aliphatic carbocycles. The van der Waals surface area contributed by atoms with E-state index >= 15 is 0 Å². The molecule has 5 rings (SSSR count). The van der Waals surface area contributed by atoms with Crippen molar-refractivity contribution in [1.82, 2.24) is 19.9 Å². The maximum absolute atomic E-state index is 11.8. The fourth-order valence-electron chi connectivity index (χ4n) is 4.15. The van der Waals surface area contributed by atoms with E-state index in [4.69, 9.17) is 20.2 Å². The van der Waals surface area contributed by atoms with E-state index in [1.807, 2.05) is 30.3 Å². The summed E-state index contributed by atoms with van der Waals surface area (Å²) >= 11 is 1.61. The number of nitrogens with zero attached hydrogens (tertiary/aromatic N) is 6. The number of fused-ring (bicyclic) bond motifs is 1. The van der Waals surface area contributed by atoms with Crippen LogP contribution >= 0.6 is 11.3 Å². The van der Waals surface area contributed by atoms with Gasteiger partial charge in [0.05, 0.1) is 48.3 Å². The lowest BCUT2D eigenvalue weighted by atomic mass is 10.1. The molecule has 2 N–H and O–H groups in total. The van der Waals surface area contributed by atoms with Crippen molar-refractivity contribution in [3.8, 4) is 0 Å². The highest BCUT2D eigenvalue weighted by Crippen LogP contribution is 2.29. The van der Waals surface area contributed by atoms with Gasteiger partial charge in [0, 0.05) is 36.4 Å². The largest absolute Gasteiger partial charge is 0.462 e. The molecule has 1 unspecified atom stereocenters. The topological polar surface area (TPSA) is 137 Å². The van der Waals surface area contributed by atoms with E-state index in [1.54, 1.807) is 30.4 Å². The van der Waals surface area contributed by atoms with Crippen LogP contribution in [0.3, 0.4) is 0 Å². The number of carbonyl (C=O) groups is 2. The molecule has 11 nitrogen and oxygen atoms in total. The Morgan fingerprint density at radius 3 is 2.63 bits per heavy atom. The number of hydrogen-bond donors (Lipinski definition) is 1. The highest BCUT2D eigenvalue weighted by molar-refractivity contribution is 7.19. The monoisotopic (exact) mass is 533 g/mol. The number of morpholine rings is 1. The molecule has 1 atom stereocenters. The third-order valence-electron chi connectivity index (χ3n) is 6.11. The molecule has 1 aromatic carbocycles. The van der Waals surface area contributed by atoms with Gasteiger partial charge in [-0.25, -0.2) is 24.7 Å². The third kappa shape index (κ3) is 5.55. The predicted molar refractivity (Wildman–Crippen MR) is 143 cm³/mol. The van der Waals surface area contributed by atoms with Gasteiger partial charge in [-0.1, -0.05) is 12.1 Å². The van der Waals surface area contributed by atoms with Crippen molar-refractivity contribution >= 4 is 45.3 Å². The van der Waals surface area contributed by atoms with Crippen molar-refractivity contribution in [2.24, 2.45) is 5.73 Å². The number of nitrogens with two attached hydrogens (primary N) is 1. The van der Waals surface area contributed by atoms with E-state index in [9.17, 15) is 9.59 Å². The first-order valence-corrected chi connectivity index (χ1v) is 12.9. The van der Waals surface area contributed by atoms with Gasteiger partial charge in [-0.2, -0.15) is 0 Å². The number of hydrogen-bond acceptors (Lipinski definition) is 11. The molecule has 4 heterocycles. The van der Waals surface area contributed by atoms with Gasteiger partial charge in [0.25, 0.3) is 0 Å². The van der Waals surface area contributed by atoms with Gasteiger partial charge in [0.2, 0.25) is 17.8 Å². The first kappa shape index (κ1) is 25.5. The van der Waals surface area contributed by atoms with E-state index in [0.717, 1.165) is 20.7 Å². The molecule has 0 spiro atoms. The molecular formula is C26H27N7O4S. The Labute approximate surface area is 223 Å². The van der Waals surface area contributed by atoms with E-state index < -0.39 is 11.9 Å². The van der Waals surface area contributed by atoms with Crippen molar-refractivity contribution in [2.45, 2.75) is 19.6 Å². The van der Waals surface area contributed by atoms with Crippen LogP contribution < -0.4 is 15.5 Å². The zero-order valence-corrected chi connectivity index (χ0v) is 21.9. The minimum atomic E-state index is -0.454. The van der Waals surface area contributed by atoms with Crippen LogP contribution in [0.1, 0.15) is 44.2 Å². The Balaban J connectivity index is 1.26. The number of amides is 1. The van der Waals surface area contributed by atoms with E-state index in [0.29, 0.717) is 55.9 Å². The summed E-state index contributed by atoms with van der Waals surface area (Å²) < 4.78 is 11.9. The Bertz CT molecular complexity index is 1440. The summed E-state index contributed by atoms with van der Waals surface area (Å²) in [6, 6.07) is 9.22. The van der Waals surface area contributed by atoms with Crippen LogP contribution in [0.2, 0.25) is 0 Å². The van der Waals surface area contributed by atoms with E-state index in [-0.39, 0.29) is 6.10 Å². The van der Waals surface area contributed by atoms with Crippen LogP contribution in [0, 0.1) is 0 Å². The summed E-state index contributed by atoms with van der Waals surface area (Å²) in [7, 11) is 1.89. The minimum absolute atomic E-state index is 0.160. The Hall–Kier alpha value is -4.16. The molecular weight excluding hydrogens is 506 g/mol. The van der Waals surface area contributed by atoms with Crippen LogP contribution in [-0.2, 0) is 16.0 Å². The number of rotatable bonds is 8. The lowest BCUT2D eigenvalue weighted by Gasteiger charge is -2.33. The fourth-order valence-corrected chi connectivity index (χ4v) is 5.17. The quantitative estimate of drug-likeness (QED) is 0.337. The molecule has 1 saturated heterocycles. The molecule has 1 amide bonds. The molecule has 12 heteroatoms. The summed E-state index contributed by atoms with van der Waals surface area (Å²) in [5.74, 6) is 0.263. The molecule has 0 saturated carbocycles. The number of anilines is 2. The molecule has 196 valence electrons. The predicted octanol–water partition coefficient (Wildman–Crippen LogP) is 2.97. The van der Waals surface area contributed by atoms with Crippen molar-refractivity contribution in [3.05, 3.63) is 70.5 Å². The number of carbonyl (C=O) groups excluding carboxylic acids is 2. The zero-order chi connectivity index (χ0) is 26.6. The molecule has 1 aliphatic heterocycles. The second-order valence-corrected chi connectivity index (χ2v) is 9.94. The number of ether oxygens (including phenoxy) is 2. The molecule has 4 aromatic rings. The number of esters is 1. The number of primary amides is 1. The molecule has 0 radical (unpaired) electrons. The van der Waals surface area contributed by atoms with Crippen molar-refractivity contribution < 1.29 is 19.1 Å². The number of thiophene rings is 1. The normalized spacial score (nSPS) is 15.4. The van der Waals surface area contributed by atoms with E-state index in [2.05, 4.69) is 25.9 Å². The summed E-state index contributed by atoms with van der Waals surface area (Å²) in [6.07, 6.45) is 4.64. The second kappa shape index (κ2) is 11.1. The second-order valence-electron chi connectivity index (χ2n) is 8.77. The minimum Gasteiger partial charge on any atom is -0.462 e. The van der Waals surface area contributed by atoms with Crippen LogP contribution in [-0.4, -0.2) is 65.2 Å². The van der Waals surface area contributed by atoms with Crippen LogP contribution in [0.5, 0.6) is 0 Å². The standard InChI is InChI=1S/C26H27N7O4S/c1-3-36-24(35)18-11-28-25(29-12-18)32(2)14-19-10-20-22(38-19)13-30-26(31-20)33-8-9-37-21(15-33)16-4-6-17(7-5-16)23(27)34/h4-7,10-13,21H,3,8-9,14-15H2,1-2H3,(H2,27,34). The Kier molecular flexibility index (Phi) is 7.43. The molecule has 3 aromatic heterocycles. The third-order valence-corrected chi connectivity index (χ3v) is 7.15. The number of benzene rings is 1. The van der Waals surface area contributed by atoms with Gasteiger partial charge >= 0.3 is 5.97 Å². The number of aromatic nitrogens is 4. The van der Waals surface area contributed by atoms with Crippen LogP contribution in [0.4, 0.5) is 11.9 Å². The highest BCUT2D eigenvalue weighted by Gasteiger charge is 2.24. The summed E-state index contributed by atoms with van der Waals surface area (Å²) in [5, 5.41) is 0. The lowest BCUT2D eigenvalue weighted by Crippen LogP contribution is -2.39. The first-order chi connectivity index (χ1) is 18.4. The van der Waals surface area contributed by atoms with Gasteiger partial charge in [0.15, 0.2) is 0 Å². The molecule has 0 bridgehead atoms. The van der Waals surface area contributed by atoms with Crippen molar-refractivity contribution in [3.63, 3.8) is 0 Å². The smallest absolute Gasteiger partial charge is 0.341 e. The average Bonchev–Trinajstić information content (AvgIpc) is 3.35. The maximum Gasteiger partial charge on any atom is 0.341 e. The van der Waals surface area contributed by atoms with Crippen LogP contribution in [0.15, 0.2) is 48.9 Å². The summed E-state index contributed by atoms with van der Waals surface area (Å²) in [4.78, 5) is 46.3. The first-order valence-electron chi connectivity index (χ1n) is 12.1. The molecule has 1 aliphatic rings. The van der Waals surface area contributed by atoms with Crippen molar-refractivity contribution in [2.75, 3.05) is 43.2 Å². The molecule has 38 heavy (non-hydrogen) atoms. The van der Waals surface area contributed by atoms with Gasteiger partial charge in [-0.05, 0) is 30.7 Å². The van der Waals surface area contributed by atoms with Crippen molar-refractivity contribution in [1.29, 1.82) is 0 Å². The summed E-state index contributed by atoms with van der Waals surface area (Å²) in [6.45, 7) is 4.45. The molecule has 1 fully saturated rings. The van der Waals surface area contributed by atoms with E-state index in [1.165, 1.54) is 12.4 Å². The average molecular weight is 534 g/mol. The summed E-state index contributed by atoms with van der Waals surface area (Å²) in [5.41, 5.74) is 7.98. The van der Waals surface area contributed by atoms with Gasteiger partial charge < -0.3 is 25.0 Å². The van der Waals surface area contributed by atoms with Gasteiger partial charge in [-0.15, -0.1) is 11.3 Å². The maximum atomic E-state index is 11.8. The van der Waals surface area contributed by atoms with Gasteiger partial charge in [-0.3, -0.25) is 4.79 Å².